The molecule has 2 bridgehead atoms. The van der Waals surface area contributed by atoms with Gasteiger partial charge >= 0.3 is 0 Å². The van der Waals surface area contributed by atoms with Crippen molar-refractivity contribution in [1.29, 1.82) is 0 Å². The van der Waals surface area contributed by atoms with Gasteiger partial charge in [0, 0.05) is 16.7 Å². The minimum atomic E-state index is -0.765. The predicted molar refractivity (Wildman–Crippen MR) is 93.3 cm³/mol. The fourth-order valence-electron chi connectivity index (χ4n) is 7.11. The van der Waals surface area contributed by atoms with Crippen LogP contribution in [0.25, 0.3) is 0 Å². The topological polar surface area (TPSA) is 76.2 Å². The number of ether oxygens (including phenoxy) is 2. The van der Waals surface area contributed by atoms with Crippen molar-refractivity contribution in [3.8, 4) is 0 Å². The van der Waals surface area contributed by atoms with Crippen molar-refractivity contribution in [2.45, 2.75) is 57.0 Å². The van der Waals surface area contributed by atoms with E-state index in [0.29, 0.717) is 25.0 Å². The minimum absolute atomic E-state index is 0.00609. The summed E-state index contributed by atoms with van der Waals surface area (Å²) in [7, 11) is 0. The van der Waals surface area contributed by atoms with Crippen molar-refractivity contribution in [2.75, 3.05) is 13.2 Å². The number of nitrogens with zero attached hydrogens (tertiary/aromatic N) is 1. The first-order valence-electron chi connectivity index (χ1n) is 9.92. The van der Waals surface area contributed by atoms with Gasteiger partial charge in [-0.25, -0.2) is 0 Å². The molecule has 0 aromatic carbocycles. The number of hydrogen-bond acceptors (Lipinski definition) is 6. The minimum Gasteiger partial charge on any atom is -0.472 e. The SMILES string of the molecule is C[C@@H]1CC2=NNC[C@@]3(O)CCC[C@@H]4C15C[C@@H](c1ccoc1)O[C@@H]5OC[C@@]243. The third-order valence-corrected chi connectivity index (χ3v) is 8.32. The number of β-amino-alcohol motifs (C(OH)–C–C–N with tert-alkyl or cyclic N) is 1. The average Bonchev–Trinajstić information content (AvgIpc) is 3.27. The average molecular weight is 358 g/mol. The van der Waals surface area contributed by atoms with Gasteiger partial charge in [-0.1, -0.05) is 13.3 Å². The van der Waals surface area contributed by atoms with Gasteiger partial charge in [0.1, 0.15) is 0 Å². The molecule has 5 aliphatic rings. The van der Waals surface area contributed by atoms with Gasteiger partial charge < -0.3 is 24.4 Å². The first kappa shape index (κ1) is 15.7. The van der Waals surface area contributed by atoms with Gasteiger partial charge in [-0.15, -0.1) is 0 Å². The first-order valence-corrected chi connectivity index (χ1v) is 9.92. The molecule has 4 heterocycles. The van der Waals surface area contributed by atoms with Crippen LogP contribution in [0.5, 0.6) is 0 Å². The Bertz CT molecular complexity index is 764. The Hall–Kier alpha value is -1.37. The summed E-state index contributed by atoms with van der Waals surface area (Å²) in [6.45, 7) is 3.36. The zero-order chi connectivity index (χ0) is 17.6. The van der Waals surface area contributed by atoms with Crippen molar-refractivity contribution >= 4 is 5.71 Å². The van der Waals surface area contributed by atoms with E-state index < -0.39 is 5.60 Å². The van der Waals surface area contributed by atoms with E-state index in [9.17, 15) is 5.11 Å². The fraction of sp³-hybridized carbons (Fsp3) is 0.750. The van der Waals surface area contributed by atoms with Gasteiger partial charge in [0.05, 0.1) is 42.8 Å². The second kappa shape index (κ2) is 4.91. The number of hydrazone groups is 1. The van der Waals surface area contributed by atoms with Crippen LogP contribution < -0.4 is 5.43 Å². The van der Waals surface area contributed by atoms with E-state index in [-0.39, 0.29) is 23.2 Å². The number of nitrogens with one attached hydrogen (secondary N) is 1. The number of rotatable bonds is 1. The first-order chi connectivity index (χ1) is 12.6. The van der Waals surface area contributed by atoms with Crippen molar-refractivity contribution < 1.29 is 19.0 Å². The molecule has 0 amide bonds. The number of aliphatic hydroxyl groups is 1. The van der Waals surface area contributed by atoms with Crippen LogP contribution in [0, 0.1) is 22.7 Å². The van der Waals surface area contributed by atoms with E-state index in [0.717, 1.165) is 43.4 Å². The normalized spacial score (nSPS) is 51.8. The molecule has 0 radical (unpaired) electrons. The molecule has 2 N–H and O–H groups in total. The number of furan rings is 1. The molecular formula is C20H26N2O4. The molecule has 1 unspecified atom stereocenters. The van der Waals surface area contributed by atoms with Crippen molar-refractivity contribution in [1.82, 2.24) is 5.43 Å². The smallest absolute Gasteiger partial charge is 0.164 e. The zero-order valence-electron chi connectivity index (χ0n) is 15.1. The van der Waals surface area contributed by atoms with Gasteiger partial charge in [-0.3, -0.25) is 0 Å². The third kappa shape index (κ3) is 1.59. The van der Waals surface area contributed by atoms with Crippen LogP contribution in [0.3, 0.4) is 0 Å². The van der Waals surface area contributed by atoms with Crippen LogP contribution >= 0.6 is 0 Å². The van der Waals surface area contributed by atoms with Crippen LogP contribution in [0.2, 0.25) is 0 Å². The lowest BCUT2D eigenvalue weighted by Crippen LogP contribution is -2.76. The van der Waals surface area contributed by atoms with E-state index >= 15 is 0 Å². The van der Waals surface area contributed by atoms with Gasteiger partial charge in [-0.05, 0) is 43.6 Å². The fourth-order valence-corrected chi connectivity index (χ4v) is 7.11. The van der Waals surface area contributed by atoms with Crippen LogP contribution in [0.1, 0.15) is 50.7 Å². The van der Waals surface area contributed by atoms with E-state index in [2.05, 4.69) is 12.3 Å². The van der Waals surface area contributed by atoms with Gasteiger partial charge in [0.25, 0.3) is 0 Å². The quantitative estimate of drug-likeness (QED) is 0.807. The molecule has 6 heteroatoms. The highest BCUT2D eigenvalue weighted by Gasteiger charge is 2.75. The molecular weight excluding hydrogens is 332 g/mol. The molecule has 2 spiro atoms. The van der Waals surface area contributed by atoms with E-state index in [4.69, 9.17) is 19.0 Å². The van der Waals surface area contributed by atoms with Gasteiger partial charge in [-0.2, -0.15) is 5.10 Å². The van der Waals surface area contributed by atoms with Crippen molar-refractivity contribution in [3.63, 3.8) is 0 Å². The predicted octanol–water partition coefficient (Wildman–Crippen LogP) is 2.60. The summed E-state index contributed by atoms with van der Waals surface area (Å²) >= 11 is 0. The van der Waals surface area contributed by atoms with E-state index in [1.165, 1.54) is 0 Å². The standard InChI is InChI=1S/C20H26N2O4/c1-12-7-16-20-11-25-17-19(12,8-14(26-17)13-4-6-24-9-13)15(20)3-2-5-18(20,23)10-21-22-16/h4,6,9,12,14-15,17,21,23H,2-3,5,7-8,10-11H2,1H3/t12-,14+,15-,17+,18+,19?,20+/m1/s1. The summed E-state index contributed by atoms with van der Waals surface area (Å²) in [6.07, 6.45) is 8.13. The number of hydrogen-bond donors (Lipinski definition) is 2. The lowest BCUT2D eigenvalue weighted by atomic mass is 9.40. The second-order valence-electron chi connectivity index (χ2n) is 9.09. The summed E-state index contributed by atoms with van der Waals surface area (Å²) in [5, 5.41) is 16.4. The molecule has 4 fully saturated rings. The molecule has 2 saturated heterocycles. The Labute approximate surface area is 152 Å². The van der Waals surface area contributed by atoms with E-state index in [1.54, 1.807) is 12.5 Å². The highest BCUT2D eigenvalue weighted by atomic mass is 16.7. The maximum absolute atomic E-state index is 11.7. The summed E-state index contributed by atoms with van der Waals surface area (Å²) < 4.78 is 18.1. The summed E-state index contributed by atoms with van der Waals surface area (Å²) in [6, 6.07) is 2.00. The Kier molecular flexibility index (Phi) is 2.96. The maximum Gasteiger partial charge on any atom is 0.164 e. The second-order valence-corrected chi connectivity index (χ2v) is 9.09. The molecule has 1 aromatic rings. The molecule has 6 rings (SSSR count). The van der Waals surface area contributed by atoms with E-state index in [1.807, 2.05) is 6.07 Å². The lowest BCUT2D eigenvalue weighted by molar-refractivity contribution is -0.304. The molecule has 2 saturated carbocycles. The Morgan fingerprint density at radius 1 is 1.38 bits per heavy atom. The monoisotopic (exact) mass is 358 g/mol. The van der Waals surface area contributed by atoms with Crippen LogP contribution in [0.4, 0.5) is 0 Å². The Balaban J connectivity index is 1.50. The summed E-state index contributed by atoms with van der Waals surface area (Å²) in [5.74, 6) is 0.762. The van der Waals surface area contributed by atoms with Crippen LogP contribution in [-0.4, -0.2) is 35.9 Å². The maximum atomic E-state index is 11.7. The molecule has 3 aliphatic heterocycles. The largest absolute Gasteiger partial charge is 0.472 e. The Morgan fingerprint density at radius 2 is 2.31 bits per heavy atom. The van der Waals surface area contributed by atoms with Crippen LogP contribution in [0.15, 0.2) is 28.1 Å². The summed E-state index contributed by atoms with van der Waals surface area (Å²) in [4.78, 5) is 0. The van der Waals surface area contributed by atoms with Crippen LogP contribution in [-0.2, 0) is 9.47 Å². The van der Waals surface area contributed by atoms with Gasteiger partial charge in [0.2, 0.25) is 0 Å². The Morgan fingerprint density at radius 3 is 3.15 bits per heavy atom. The van der Waals surface area contributed by atoms with Crippen molar-refractivity contribution in [3.05, 3.63) is 24.2 Å². The molecule has 1 aromatic heterocycles. The summed E-state index contributed by atoms with van der Waals surface area (Å²) in [5.41, 5.74) is 4.16. The lowest BCUT2D eigenvalue weighted by Gasteiger charge is -2.68. The molecule has 26 heavy (non-hydrogen) atoms. The van der Waals surface area contributed by atoms with Gasteiger partial charge in [0.15, 0.2) is 6.29 Å². The molecule has 2 aliphatic carbocycles. The molecule has 7 atom stereocenters. The third-order valence-electron chi connectivity index (χ3n) is 8.32. The highest BCUT2D eigenvalue weighted by Crippen LogP contribution is 2.71. The zero-order valence-corrected chi connectivity index (χ0v) is 15.1. The van der Waals surface area contributed by atoms with Crippen molar-refractivity contribution in [2.24, 2.45) is 27.8 Å². The highest BCUT2D eigenvalue weighted by molar-refractivity contribution is 5.94. The molecule has 6 nitrogen and oxygen atoms in total. The molecule has 140 valence electrons.